The topological polar surface area (TPSA) is 149 Å². The van der Waals surface area contributed by atoms with E-state index in [9.17, 15) is 27.6 Å². The van der Waals surface area contributed by atoms with E-state index < -0.39 is 34.8 Å². The summed E-state index contributed by atoms with van der Waals surface area (Å²) >= 11 is 0. The summed E-state index contributed by atoms with van der Waals surface area (Å²) in [7, 11) is 0. The first-order valence-corrected chi connectivity index (χ1v) is 18.3. The van der Waals surface area contributed by atoms with Crippen LogP contribution in [0.1, 0.15) is 82.0 Å². The van der Waals surface area contributed by atoms with Crippen molar-refractivity contribution in [2.24, 2.45) is 23.2 Å². The first-order chi connectivity index (χ1) is 25.3. The van der Waals surface area contributed by atoms with Gasteiger partial charge in [-0.05, 0) is 100 Å². The largest absolute Gasteiger partial charge is 0.463 e. The number of benzene rings is 1. The molecular formula is C37H47F3N6O7. The van der Waals surface area contributed by atoms with E-state index in [-0.39, 0.29) is 36.8 Å². The van der Waals surface area contributed by atoms with E-state index in [0.29, 0.717) is 64.2 Å². The molecule has 288 valence electrons. The average Bonchev–Trinajstić information content (AvgIpc) is 3.61. The lowest BCUT2D eigenvalue weighted by molar-refractivity contribution is -0.153. The fraction of sp³-hybridized carbons (Fsp3) is 0.676. The zero-order chi connectivity index (χ0) is 37.8. The minimum Gasteiger partial charge on any atom is -0.463 e. The van der Waals surface area contributed by atoms with E-state index in [1.165, 1.54) is 63.3 Å². The molecule has 7 rings (SSSR count). The number of nitriles is 1. The third kappa shape index (κ3) is 9.01. The fourth-order valence-corrected chi connectivity index (χ4v) is 9.04. The zero-order valence-corrected chi connectivity index (χ0v) is 30.2. The van der Waals surface area contributed by atoms with Crippen LogP contribution in [-0.4, -0.2) is 89.5 Å². The van der Waals surface area contributed by atoms with Crippen molar-refractivity contribution in [1.82, 2.24) is 19.9 Å². The fourth-order valence-electron chi connectivity index (χ4n) is 9.04. The van der Waals surface area contributed by atoms with Gasteiger partial charge >= 0.3 is 18.2 Å². The van der Waals surface area contributed by atoms with Crippen LogP contribution in [0.5, 0.6) is 0 Å². The van der Waals surface area contributed by atoms with E-state index in [1.807, 2.05) is 0 Å². The average molecular weight is 745 g/mol. The van der Waals surface area contributed by atoms with Gasteiger partial charge in [0.2, 0.25) is 0 Å². The van der Waals surface area contributed by atoms with Gasteiger partial charge in [-0.1, -0.05) is 5.21 Å². The predicted molar refractivity (Wildman–Crippen MR) is 182 cm³/mol. The number of hydrogen-bond acceptors (Lipinski definition) is 10. The van der Waals surface area contributed by atoms with Crippen molar-refractivity contribution in [3.05, 3.63) is 41.2 Å². The Hall–Kier alpha value is -4.07. The SMILES string of the molecule is CC1(C)C(=O)N(c2ccc(C#N)c(C(F)(F)F)c2)C(=O)N1CCCn1cc(COCCOCCOCCOC(=O)CC23CC4CC(CC(C4)C2)C3)nn1. The number of amides is 3. The highest BCUT2D eigenvalue weighted by Gasteiger charge is 2.53. The molecule has 5 aliphatic rings. The van der Waals surface area contributed by atoms with Crippen LogP contribution in [0.4, 0.5) is 23.7 Å². The number of rotatable bonds is 18. The molecule has 4 saturated carbocycles. The number of imide groups is 1. The number of hydrogen-bond donors (Lipinski definition) is 0. The smallest absolute Gasteiger partial charge is 0.417 e. The lowest BCUT2D eigenvalue weighted by Crippen LogP contribution is -2.47. The van der Waals surface area contributed by atoms with Crippen LogP contribution in [0.3, 0.4) is 0 Å². The van der Waals surface area contributed by atoms with E-state index >= 15 is 0 Å². The summed E-state index contributed by atoms with van der Waals surface area (Å²) in [5.41, 5.74) is -2.60. The highest BCUT2D eigenvalue weighted by atomic mass is 19.4. The van der Waals surface area contributed by atoms with Crippen molar-refractivity contribution in [2.45, 2.75) is 90.1 Å². The Morgan fingerprint density at radius 2 is 1.57 bits per heavy atom. The summed E-state index contributed by atoms with van der Waals surface area (Å²) in [6.45, 7) is 5.78. The maximum atomic E-state index is 13.5. The number of carbonyl (C=O) groups is 3. The van der Waals surface area contributed by atoms with Gasteiger partial charge in [0.15, 0.2) is 0 Å². The molecule has 1 saturated heterocycles. The van der Waals surface area contributed by atoms with E-state index in [4.69, 9.17) is 24.2 Å². The summed E-state index contributed by atoms with van der Waals surface area (Å²) in [4.78, 5) is 41.0. The van der Waals surface area contributed by atoms with Gasteiger partial charge in [0.25, 0.3) is 5.91 Å². The Morgan fingerprint density at radius 3 is 2.19 bits per heavy atom. The lowest BCUT2D eigenvalue weighted by Gasteiger charge is -2.56. The molecule has 0 unspecified atom stereocenters. The van der Waals surface area contributed by atoms with E-state index in [1.54, 1.807) is 10.9 Å². The number of esters is 1. The van der Waals surface area contributed by atoms with Gasteiger partial charge in [-0.2, -0.15) is 18.4 Å². The lowest BCUT2D eigenvalue weighted by atomic mass is 9.49. The summed E-state index contributed by atoms with van der Waals surface area (Å²) in [6, 6.07) is 3.51. The maximum Gasteiger partial charge on any atom is 0.417 e. The number of urea groups is 1. The normalized spacial score (nSPS) is 24.6. The monoisotopic (exact) mass is 744 g/mol. The molecule has 3 amide bonds. The summed E-state index contributed by atoms with van der Waals surface area (Å²) < 4.78 is 64.4. The van der Waals surface area contributed by atoms with Gasteiger partial charge < -0.3 is 23.8 Å². The van der Waals surface area contributed by atoms with Crippen molar-refractivity contribution in [3.8, 4) is 6.07 Å². The molecule has 2 aromatic rings. The van der Waals surface area contributed by atoms with Crippen LogP contribution in [0.2, 0.25) is 0 Å². The number of nitrogens with zero attached hydrogens (tertiary/aromatic N) is 6. The molecule has 1 aromatic heterocycles. The molecule has 5 fully saturated rings. The molecule has 0 radical (unpaired) electrons. The Bertz CT molecular complexity index is 1650. The quantitative estimate of drug-likeness (QED) is 0.109. The maximum absolute atomic E-state index is 13.5. The van der Waals surface area contributed by atoms with Crippen LogP contribution in [0.15, 0.2) is 24.4 Å². The number of aromatic nitrogens is 3. The molecule has 0 N–H and O–H groups in total. The van der Waals surface area contributed by atoms with Gasteiger partial charge in [-0.15, -0.1) is 5.10 Å². The van der Waals surface area contributed by atoms with Crippen molar-refractivity contribution in [3.63, 3.8) is 0 Å². The number of ether oxygens (including phenoxy) is 4. The molecule has 1 aliphatic heterocycles. The second-order valence-electron chi connectivity index (χ2n) is 15.4. The first-order valence-electron chi connectivity index (χ1n) is 18.3. The Balaban J connectivity index is 0.820. The van der Waals surface area contributed by atoms with Crippen LogP contribution in [0.25, 0.3) is 0 Å². The molecule has 53 heavy (non-hydrogen) atoms. The summed E-state index contributed by atoms with van der Waals surface area (Å²) in [5.74, 6) is 1.66. The van der Waals surface area contributed by atoms with Gasteiger partial charge in [0.05, 0.1) is 75.1 Å². The zero-order valence-electron chi connectivity index (χ0n) is 30.2. The van der Waals surface area contributed by atoms with Gasteiger partial charge in [0.1, 0.15) is 17.8 Å². The number of anilines is 1. The van der Waals surface area contributed by atoms with Gasteiger partial charge in [0, 0.05) is 13.1 Å². The van der Waals surface area contributed by atoms with Gasteiger partial charge in [-0.3, -0.25) is 14.3 Å². The molecular weight excluding hydrogens is 697 g/mol. The molecule has 13 nitrogen and oxygen atoms in total. The van der Waals surface area contributed by atoms with Crippen LogP contribution in [0, 0.1) is 34.5 Å². The molecule has 1 aromatic carbocycles. The first kappa shape index (κ1) is 38.6. The number of aryl methyl sites for hydroxylation is 1. The predicted octanol–water partition coefficient (Wildman–Crippen LogP) is 5.51. The van der Waals surface area contributed by atoms with Crippen molar-refractivity contribution in [1.29, 1.82) is 5.26 Å². The molecule has 16 heteroatoms. The third-order valence-electron chi connectivity index (χ3n) is 11.0. The van der Waals surface area contributed by atoms with Crippen LogP contribution in [-0.2, 0) is 47.9 Å². The Kier molecular flexibility index (Phi) is 11.8. The molecule has 4 bridgehead atoms. The summed E-state index contributed by atoms with van der Waals surface area (Å²) in [5, 5.41) is 17.3. The van der Waals surface area contributed by atoms with Crippen molar-refractivity contribution in [2.75, 3.05) is 51.1 Å². The molecule has 4 aliphatic carbocycles. The minimum atomic E-state index is -4.83. The van der Waals surface area contributed by atoms with Gasteiger partial charge in [-0.25, -0.2) is 9.69 Å². The molecule has 0 atom stereocenters. The number of halogens is 3. The second-order valence-corrected chi connectivity index (χ2v) is 15.4. The molecule has 2 heterocycles. The minimum absolute atomic E-state index is 0.103. The third-order valence-corrected chi connectivity index (χ3v) is 11.0. The number of alkyl halides is 3. The Labute approximate surface area is 306 Å². The van der Waals surface area contributed by atoms with Crippen LogP contribution >= 0.6 is 0 Å². The second kappa shape index (κ2) is 16.1. The van der Waals surface area contributed by atoms with E-state index in [2.05, 4.69) is 10.3 Å². The van der Waals surface area contributed by atoms with E-state index in [0.717, 1.165) is 34.8 Å². The number of carbonyl (C=O) groups excluding carboxylic acids is 3. The highest BCUT2D eigenvalue weighted by molar-refractivity contribution is 6.23. The summed E-state index contributed by atoms with van der Waals surface area (Å²) in [6.07, 6.45) is 5.43. The molecule has 0 spiro atoms. The van der Waals surface area contributed by atoms with Crippen molar-refractivity contribution < 1.29 is 46.5 Å². The Morgan fingerprint density at radius 1 is 0.943 bits per heavy atom. The van der Waals surface area contributed by atoms with Crippen molar-refractivity contribution >= 4 is 23.6 Å². The standard InChI is InChI=1S/C37H47F3N6O7/c1-35(2)33(48)46(30-5-4-28(22-41)31(17-30)37(38,39)40)34(49)45(35)7-3-6-44-23-29(42-43-44)24-52-11-10-50-8-9-51-12-13-53-32(47)21-36-18-25-14-26(19-36)16-27(15-25)20-36/h4-5,17,23,25-27H,3,6-16,18-21,24H2,1-2H3. The highest BCUT2D eigenvalue weighted by Crippen LogP contribution is 2.61. The van der Waals surface area contributed by atoms with Crippen LogP contribution < -0.4 is 4.90 Å².